The van der Waals surface area contributed by atoms with Crippen LogP contribution in [-0.2, 0) is 8.23 Å². The molecule has 0 aliphatic carbocycles. The van der Waals surface area contributed by atoms with E-state index in [0.717, 1.165) is 0 Å². The molecule has 0 N–H and O–H groups in total. The molecule has 0 radical (unpaired) electrons. The summed E-state index contributed by atoms with van der Waals surface area (Å²) < 4.78 is 14.1. The third kappa shape index (κ3) is 2.36. The Morgan fingerprint density at radius 2 is 0.550 bits per heavy atom. The molecular formula is C16H36O2Si2. The second kappa shape index (κ2) is 4.43. The summed E-state index contributed by atoms with van der Waals surface area (Å²) in [6.45, 7) is 27.4. The Morgan fingerprint density at radius 1 is 0.400 bits per heavy atom. The van der Waals surface area contributed by atoms with Crippen LogP contribution in [0.4, 0.5) is 0 Å². The molecule has 1 heterocycles. The molecule has 2 nitrogen and oxygen atoms in total. The Labute approximate surface area is 129 Å². The van der Waals surface area contributed by atoms with Crippen LogP contribution in [0, 0.1) is 0 Å². The molecule has 1 rings (SSSR count). The maximum absolute atomic E-state index is 7.03. The van der Waals surface area contributed by atoms with Gasteiger partial charge in [-0.1, -0.05) is 83.1 Å². The van der Waals surface area contributed by atoms with Crippen LogP contribution in [0.2, 0.25) is 20.2 Å². The maximum atomic E-state index is 7.03. The van der Waals surface area contributed by atoms with Gasteiger partial charge in [-0.25, -0.2) is 0 Å². The van der Waals surface area contributed by atoms with Gasteiger partial charge in [-0.3, -0.25) is 0 Å². The molecule has 0 unspecified atom stereocenters. The van der Waals surface area contributed by atoms with Crippen molar-refractivity contribution in [3.8, 4) is 0 Å². The summed E-state index contributed by atoms with van der Waals surface area (Å²) in [5.41, 5.74) is 0. The summed E-state index contributed by atoms with van der Waals surface area (Å²) >= 11 is 0. The molecule has 0 atom stereocenters. The Morgan fingerprint density at radius 3 is 0.650 bits per heavy atom. The third-order valence-electron chi connectivity index (χ3n) is 4.52. The molecule has 1 aliphatic rings. The molecule has 0 amide bonds. The van der Waals surface area contributed by atoms with E-state index in [-0.39, 0.29) is 20.2 Å². The van der Waals surface area contributed by atoms with Gasteiger partial charge >= 0.3 is 17.1 Å². The molecule has 120 valence electrons. The Bertz CT molecular complexity index is 301. The highest BCUT2D eigenvalue weighted by Gasteiger charge is 2.78. The van der Waals surface area contributed by atoms with Gasteiger partial charge < -0.3 is 8.23 Å². The molecule has 0 bridgehead atoms. The lowest BCUT2D eigenvalue weighted by Gasteiger charge is -2.70. The van der Waals surface area contributed by atoms with E-state index in [4.69, 9.17) is 8.23 Å². The highest BCUT2D eigenvalue weighted by molar-refractivity contribution is 6.99. The summed E-state index contributed by atoms with van der Waals surface area (Å²) in [5.74, 6) is 0. The van der Waals surface area contributed by atoms with Gasteiger partial charge in [0.05, 0.1) is 0 Å². The first-order chi connectivity index (χ1) is 8.41. The van der Waals surface area contributed by atoms with E-state index < -0.39 is 17.1 Å². The van der Waals surface area contributed by atoms with E-state index in [1.165, 1.54) is 0 Å². The average molecular weight is 317 g/mol. The van der Waals surface area contributed by atoms with Crippen molar-refractivity contribution in [2.45, 2.75) is 103 Å². The lowest BCUT2D eigenvalue weighted by molar-refractivity contribution is 0.116. The monoisotopic (exact) mass is 316 g/mol. The van der Waals surface area contributed by atoms with E-state index in [0.29, 0.717) is 0 Å². The Kier molecular flexibility index (Phi) is 4.08. The van der Waals surface area contributed by atoms with E-state index in [9.17, 15) is 0 Å². The first kappa shape index (κ1) is 18.4. The van der Waals surface area contributed by atoms with Crippen LogP contribution in [0.25, 0.3) is 0 Å². The van der Waals surface area contributed by atoms with Crippen LogP contribution in [0.1, 0.15) is 83.1 Å². The van der Waals surface area contributed by atoms with E-state index in [1.807, 2.05) is 0 Å². The van der Waals surface area contributed by atoms with Crippen LogP contribution in [-0.4, -0.2) is 17.1 Å². The van der Waals surface area contributed by atoms with Crippen molar-refractivity contribution >= 4 is 17.1 Å². The summed E-state index contributed by atoms with van der Waals surface area (Å²) in [5, 5.41) is 0.382. The van der Waals surface area contributed by atoms with Crippen molar-refractivity contribution in [3.63, 3.8) is 0 Å². The molecule has 0 aromatic heterocycles. The van der Waals surface area contributed by atoms with Crippen molar-refractivity contribution in [2.75, 3.05) is 0 Å². The van der Waals surface area contributed by atoms with Crippen molar-refractivity contribution in [2.24, 2.45) is 0 Å². The van der Waals surface area contributed by atoms with Crippen molar-refractivity contribution in [1.29, 1.82) is 0 Å². The zero-order valence-electron chi connectivity index (χ0n) is 15.8. The van der Waals surface area contributed by atoms with E-state index in [2.05, 4.69) is 83.1 Å². The van der Waals surface area contributed by atoms with Gasteiger partial charge in [-0.05, 0) is 0 Å². The fourth-order valence-electron chi connectivity index (χ4n) is 3.89. The van der Waals surface area contributed by atoms with Gasteiger partial charge in [-0.15, -0.1) is 0 Å². The molecule has 1 saturated heterocycles. The van der Waals surface area contributed by atoms with Gasteiger partial charge in [0.2, 0.25) is 0 Å². The normalized spacial score (nSPS) is 23.4. The molecule has 0 spiro atoms. The Balaban J connectivity index is 3.33. The van der Waals surface area contributed by atoms with Crippen molar-refractivity contribution < 1.29 is 8.23 Å². The Hall–Kier alpha value is 0.354. The lowest BCUT2D eigenvalue weighted by atomic mass is 10.2. The summed E-state index contributed by atoms with van der Waals surface area (Å²) in [4.78, 5) is 0. The fraction of sp³-hybridized carbons (Fsp3) is 1.00. The number of hydrogen-bond acceptors (Lipinski definition) is 2. The van der Waals surface area contributed by atoms with Gasteiger partial charge in [0.15, 0.2) is 0 Å². The van der Waals surface area contributed by atoms with Crippen LogP contribution < -0.4 is 0 Å². The highest BCUT2D eigenvalue weighted by Crippen LogP contribution is 2.68. The van der Waals surface area contributed by atoms with Crippen LogP contribution >= 0.6 is 0 Å². The predicted octanol–water partition coefficient (Wildman–Crippen LogP) is 6.12. The molecular weight excluding hydrogens is 280 g/mol. The first-order valence-corrected chi connectivity index (χ1v) is 11.4. The average Bonchev–Trinajstić information content (AvgIpc) is 1.87. The minimum atomic E-state index is -2.24. The van der Waals surface area contributed by atoms with Gasteiger partial charge in [0, 0.05) is 20.2 Å². The number of hydrogen-bond donors (Lipinski definition) is 0. The molecule has 1 aliphatic heterocycles. The maximum Gasteiger partial charge on any atom is 0.331 e. The lowest BCUT2D eigenvalue weighted by Crippen LogP contribution is -2.82. The van der Waals surface area contributed by atoms with E-state index in [1.54, 1.807) is 0 Å². The SMILES string of the molecule is CC(C)(C)[Si]1(C(C)(C)C)O[Si](C(C)(C)C)(C(C)(C)C)O1. The van der Waals surface area contributed by atoms with Crippen LogP contribution in [0.15, 0.2) is 0 Å². The topological polar surface area (TPSA) is 18.5 Å². The minimum Gasteiger partial charge on any atom is -0.414 e. The van der Waals surface area contributed by atoms with Gasteiger partial charge in [0.1, 0.15) is 0 Å². The minimum absolute atomic E-state index is 0.0955. The summed E-state index contributed by atoms with van der Waals surface area (Å²) in [6, 6.07) is 0. The largest absolute Gasteiger partial charge is 0.414 e. The molecule has 0 aromatic rings. The van der Waals surface area contributed by atoms with Gasteiger partial charge in [0.25, 0.3) is 0 Å². The standard InChI is InChI=1S/C16H36O2Si2/c1-13(2,3)19(14(4,5)6)17-20(18-19,15(7,8)9)16(10,11)12/h1-12H3. The predicted molar refractivity (Wildman–Crippen MR) is 92.5 cm³/mol. The molecule has 20 heavy (non-hydrogen) atoms. The van der Waals surface area contributed by atoms with Crippen LogP contribution in [0.5, 0.6) is 0 Å². The van der Waals surface area contributed by atoms with Crippen molar-refractivity contribution in [3.05, 3.63) is 0 Å². The second-order valence-corrected chi connectivity index (χ2v) is 20.5. The summed E-state index contributed by atoms with van der Waals surface area (Å²) in [7, 11) is -4.48. The highest BCUT2D eigenvalue weighted by atomic mass is 28.5. The fourth-order valence-corrected chi connectivity index (χ4v) is 21.5. The number of rotatable bonds is 0. The van der Waals surface area contributed by atoms with Crippen molar-refractivity contribution in [1.82, 2.24) is 0 Å². The van der Waals surface area contributed by atoms with E-state index >= 15 is 0 Å². The molecule has 0 saturated carbocycles. The second-order valence-electron chi connectivity index (χ2n) is 10.4. The van der Waals surface area contributed by atoms with Gasteiger partial charge in [-0.2, -0.15) is 0 Å². The molecule has 0 aromatic carbocycles. The third-order valence-corrected chi connectivity index (χ3v) is 17.0. The molecule has 4 heteroatoms. The first-order valence-electron chi connectivity index (χ1n) is 7.82. The molecule has 1 fully saturated rings. The quantitative estimate of drug-likeness (QED) is 0.501. The zero-order valence-corrected chi connectivity index (χ0v) is 17.8. The summed E-state index contributed by atoms with van der Waals surface area (Å²) in [6.07, 6.45) is 0. The zero-order chi connectivity index (χ0) is 16.4. The van der Waals surface area contributed by atoms with Crippen LogP contribution in [0.3, 0.4) is 0 Å². The smallest absolute Gasteiger partial charge is 0.331 e.